The highest BCUT2D eigenvalue weighted by molar-refractivity contribution is 6.11. The van der Waals surface area contributed by atoms with E-state index in [2.05, 4.69) is 102 Å². The van der Waals surface area contributed by atoms with Crippen LogP contribution in [0.3, 0.4) is 0 Å². The van der Waals surface area contributed by atoms with Gasteiger partial charge < -0.3 is 4.57 Å². The molecule has 3 heteroatoms. The van der Waals surface area contributed by atoms with Crippen LogP contribution >= 0.6 is 0 Å². The first-order chi connectivity index (χ1) is 18.3. The smallest absolute Gasteiger partial charge is 0.243 e. The van der Waals surface area contributed by atoms with Gasteiger partial charge in [0, 0.05) is 27.4 Å². The topological polar surface area (TPSA) is 26.9 Å². The van der Waals surface area contributed by atoms with E-state index in [1.807, 2.05) is 34.9 Å². The van der Waals surface area contributed by atoms with Crippen molar-refractivity contribution in [3.63, 3.8) is 0 Å². The first kappa shape index (κ1) is 20.3. The molecule has 1 aliphatic rings. The zero-order chi connectivity index (χ0) is 24.5. The lowest BCUT2D eigenvalue weighted by molar-refractivity contribution is 0.0897. The first-order valence-corrected chi connectivity index (χ1v) is 12.6. The molecule has 3 nitrogen and oxygen atoms in total. The minimum absolute atomic E-state index is 0.0982. The SMILES string of the molecule is O=C1C(c2ccc3c(c2)c2ccccc2n3-c2ccccc2)c2ccccc2-c2cc3ccccc3n21. The fraction of sp³-hybridized carbons (Fsp3) is 0.0294. The third-order valence-electron chi connectivity index (χ3n) is 7.77. The van der Waals surface area contributed by atoms with Gasteiger partial charge >= 0.3 is 0 Å². The Morgan fingerprint density at radius 2 is 1.24 bits per heavy atom. The van der Waals surface area contributed by atoms with Crippen molar-refractivity contribution in [1.29, 1.82) is 0 Å². The van der Waals surface area contributed by atoms with E-state index in [9.17, 15) is 4.79 Å². The monoisotopic (exact) mass is 474 g/mol. The fourth-order valence-electron chi connectivity index (χ4n) is 6.18. The number of aromatic nitrogens is 2. The lowest BCUT2D eigenvalue weighted by Gasteiger charge is -2.27. The van der Waals surface area contributed by atoms with Gasteiger partial charge in [-0.1, -0.05) is 84.9 Å². The molecular weight excluding hydrogens is 452 g/mol. The van der Waals surface area contributed by atoms with E-state index < -0.39 is 0 Å². The first-order valence-electron chi connectivity index (χ1n) is 12.6. The van der Waals surface area contributed by atoms with E-state index in [1.54, 1.807) is 0 Å². The number of hydrogen-bond acceptors (Lipinski definition) is 1. The van der Waals surface area contributed by atoms with Crippen LogP contribution in [0.5, 0.6) is 0 Å². The van der Waals surface area contributed by atoms with Crippen molar-refractivity contribution in [2.24, 2.45) is 0 Å². The maximum absolute atomic E-state index is 14.2. The minimum Gasteiger partial charge on any atom is -0.309 e. The van der Waals surface area contributed by atoms with Crippen molar-refractivity contribution in [3.05, 3.63) is 139 Å². The second-order valence-corrected chi connectivity index (χ2v) is 9.75. The summed E-state index contributed by atoms with van der Waals surface area (Å²) in [5.74, 6) is -0.274. The summed E-state index contributed by atoms with van der Waals surface area (Å²) in [5, 5.41) is 3.43. The van der Waals surface area contributed by atoms with Gasteiger partial charge in [0.25, 0.3) is 0 Å². The molecular formula is C34H22N2O. The number of benzene rings is 5. The molecule has 8 rings (SSSR count). The molecule has 0 saturated carbocycles. The van der Waals surface area contributed by atoms with Gasteiger partial charge in [-0.05, 0) is 53.6 Å². The Balaban J connectivity index is 1.40. The standard InChI is InChI=1S/C34H22N2O/c37-34-33(27-15-6-5-13-25(27)32-21-22-10-4-8-16-29(22)36(32)34)23-18-19-31-28(20-23)26-14-7-9-17-30(26)35(31)24-11-2-1-3-12-24/h1-21,33H. The quantitative estimate of drug-likeness (QED) is 0.248. The normalized spacial score (nSPS) is 14.8. The summed E-state index contributed by atoms with van der Waals surface area (Å²) in [7, 11) is 0. The lowest BCUT2D eigenvalue weighted by Crippen LogP contribution is -2.26. The number of nitrogens with zero attached hydrogens (tertiary/aromatic N) is 2. The van der Waals surface area contributed by atoms with Crippen molar-refractivity contribution >= 4 is 38.6 Å². The summed E-state index contributed by atoms with van der Waals surface area (Å²) < 4.78 is 4.22. The summed E-state index contributed by atoms with van der Waals surface area (Å²) in [5.41, 5.74) is 8.57. The van der Waals surface area contributed by atoms with Crippen LogP contribution in [0.4, 0.5) is 0 Å². The molecule has 5 aromatic carbocycles. The van der Waals surface area contributed by atoms with Gasteiger partial charge in [-0.3, -0.25) is 9.36 Å². The molecule has 0 fully saturated rings. The van der Waals surface area contributed by atoms with E-state index in [0.29, 0.717) is 0 Å². The Kier molecular flexibility index (Phi) is 4.15. The average Bonchev–Trinajstić information content (AvgIpc) is 3.50. The van der Waals surface area contributed by atoms with Gasteiger partial charge in [0.1, 0.15) is 0 Å². The van der Waals surface area contributed by atoms with E-state index in [-0.39, 0.29) is 11.8 Å². The molecule has 1 aliphatic heterocycles. The van der Waals surface area contributed by atoms with Crippen molar-refractivity contribution in [2.45, 2.75) is 5.92 Å². The average molecular weight is 475 g/mol. The van der Waals surface area contributed by atoms with Gasteiger partial charge in [0.2, 0.25) is 5.91 Å². The number of para-hydroxylation sites is 3. The molecule has 2 aromatic heterocycles. The molecule has 0 radical (unpaired) electrons. The number of carbonyl (C=O) groups is 1. The van der Waals surface area contributed by atoms with Crippen LogP contribution in [0.25, 0.3) is 49.7 Å². The van der Waals surface area contributed by atoms with Gasteiger partial charge in [0.15, 0.2) is 0 Å². The third-order valence-corrected chi connectivity index (χ3v) is 7.77. The molecule has 0 spiro atoms. The van der Waals surface area contributed by atoms with Crippen molar-refractivity contribution in [2.75, 3.05) is 0 Å². The highest BCUT2D eigenvalue weighted by Crippen LogP contribution is 2.43. The molecule has 1 atom stereocenters. The maximum atomic E-state index is 14.2. The highest BCUT2D eigenvalue weighted by Gasteiger charge is 2.34. The molecule has 0 bridgehead atoms. The zero-order valence-electron chi connectivity index (χ0n) is 20.0. The largest absolute Gasteiger partial charge is 0.309 e. The summed E-state index contributed by atoms with van der Waals surface area (Å²) in [6.45, 7) is 0. The van der Waals surface area contributed by atoms with Crippen LogP contribution in [0.2, 0.25) is 0 Å². The predicted molar refractivity (Wildman–Crippen MR) is 151 cm³/mol. The van der Waals surface area contributed by atoms with E-state index in [1.165, 1.54) is 5.39 Å². The van der Waals surface area contributed by atoms with Crippen molar-refractivity contribution < 1.29 is 4.79 Å². The van der Waals surface area contributed by atoms with Gasteiger partial charge in [0.05, 0.1) is 28.2 Å². The number of rotatable bonds is 2. The number of fused-ring (bicyclic) bond motifs is 8. The lowest BCUT2D eigenvalue weighted by atomic mass is 9.83. The molecule has 174 valence electrons. The van der Waals surface area contributed by atoms with Crippen LogP contribution < -0.4 is 0 Å². The van der Waals surface area contributed by atoms with Crippen LogP contribution in [-0.4, -0.2) is 15.0 Å². The molecule has 3 heterocycles. The molecule has 0 amide bonds. The molecule has 0 N–H and O–H groups in total. The Morgan fingerprint density at radius 3 is 2.14 bits per heavy atom. The molecule has 1 unspecified atom stereocenters. The minimum atomic E-state index is -0.372. The van der Waals surface area contributed by atoms with E-state index in [4.69, 9.17) is 0 Å². The number of hydrogen-bond donors (Lipinski definition) is 0. The Labute approximate surface area is 213 Å². The van der Waals surface area contributed by atoms with Crippen LogP contribution in [0, 0.1) is 0 Å². The Bertz CT molecular complexity index is 2010. The highest BCUT2D eigenvalue weighted by atomic mass is 16.2. The van der Waals surface area contributed by atoms with Crippen molar-refractivity contribution in [1.82, 2.24) is 9.13 Å². The van der Waals surface area contributed by atoms with Crippen LogP contribution in [0.1, 0.15) is 21.8 Å². The molecule has 7 aromatic rings. The van der Waals surface area contributed by atoms with Gasteiger partial charge in [-0.2, -0.15) is 0 Å². The van der Waals surface area contributed by atoms with Crippen LogP contribution in [0.15, 0.2) is 127 Å². The summed E-state index contributed by atoms with van der Waals surface area (Å²) >= 11 is 0. The third kappa shape index (κ3) is 2.80. The molecule has 0 saturated heterocycles. The Morgan fingerprint density at radius 1 is 0.541 bits per heavy atom. The second-order valence-electron chi connectivity index (χ2n) is 9.75. The Hall–Kier alpha value is -4.89. The molecule has 0 aliphatic carbocycles. The van der Waals surface area contributed by atoms with E-state index >= 15 is 0 Å². The van der Waals surface area contributed by atoms with Gasteiger partial charge in [-0.15, -0.1) is 0 Å². The zero-order valence-corrected chi connectivity index (χ0v) is 20.0. The van der Waals surface area contributed by atoms with Crippen molar-refractivity contribution in [3.8, 4) is 16.9 Å². The summed E-state index contributed by atoms with van der Waals surface area (Å²) in [4.78, 5) is 14.2. The predicted octanol–water partition coefficient (Wildman–Crippen LogP) is 8.19. The summed E-state index contributed by atoms with van der Waals surface area (Å²) in [6, 6.07) is 44.1. The van der Waals surface area contributed by atoms with E-state index in [0.717, 1.165) is 55.4 Å². The summed E-state index contributed by atoms with van der Waals surface area (Å²) in [6.07, 6.45) is 0. The molecule has 37 heavy (non-hydrogen) atoms. The maximum Gasteiger partial charge on any atom is 0.243 e. The second kappa shape index (κ2) is 7.55. The number of carbonyl (C=O) groups excluding carboxylic acids is 1. The fourth-order valence-corrected chi connectivity index (χ4v) is 6.18. The van der Waals surface area contributed by atoms with Crippen LogP contribution in [-0.2, 0) is 0 Å². The van der Waals surface area contributed by atoms with Gasteiger partial charge in [-0.25, -0.2) is 0 Å².